The van der Waals surface area contributed by atoms with Crippen LogP contribution in [0.3, 0.4) is 0 Å². The van der Waals surface area contributed by atoms with Gasteiger partial charge in [-0.15, -0.1) is 26.3 Å². The lowest BCUT2D eigenvalue weighted by molar-refractivity contribution is -0.275. The average Bonchev–Trinajstić information content (AvgIpc) is 3.72. The minimum Gasteiger partial charge on any atom is -0.405 e. The number of halogens is 8. The van der Waals surface area contributed by atoms with Gasteiger partial charge in [0.1, 0.15) is 23.1 Å². The number of benzene rings is 4. The number of hydrogen-bond acceptors (Lipinski definition) is 4. The summed E-state index contributed by atoms with van der Waals surface area (Å²) in [4.78, 5) is 0. The van der Waals surface area contributed by atoms with Crippen molar-refractivity contribution in [2.24, 2.45) is 0 Å². The SMILES string of the molecule is N#CC(=C1c2cc(OC(F)(F)F)c(-c3ccc(F)cc3)cc2-c2cc(-c3ccc(F)cc3)c(OC(F)(F)F)cc21)C1CN1. The lowest BCUT2D eigenvalue weighted by Gasteiger charge is -2.17. The largest absolute Gasteiger partial charge is 0.573 e. The summed E-state index contributed by atoms with van der Waals surface area (Å²) >= 11 is 0. The van der Waals surface area contributed by atoms with Crippen LogP contribution in [0.15, 0.2) is 78.4 Å². The van der Waals surface area contributed by atoms with Gasteiger partial charge in [-0.1, -0.05) is 24.3 Å². The zero-order valence-corrected chi connectivity index (χ0v) is 21.5. The van der Waals surface area contributed by atoms with Gasteiger partial charge < -0.3 is 14.8 Å². The summed E-state index contributed by atoms with van der Waals surface area (Å²) in [6, 6.07) is 15.6. The highest BCUT2D eigenvalue weighted by Crippen LogP contribution is 2.53. The van der Waals surface area contributed by atoms with E-state index in [2.05, 4.69) is 14.8 Å². The normalized spacial score (nSPS) is 15.4. The van der Waals surface area contributed by atoms with Crippen molar-refractivity contribution in [1.29, 1.82) is 5.26 Å². The summed E-state index contributed by atoms with van der Waals surface area (Å²) in [5, 5.41) is 13.0. The number of hydrogen-bond donors (Lipinski definition) is 1. The van der Waals surface area contributed by atoms with Gasteiger partial charge in [-0.3, -0.25) is 0 Å². The average molecular weight is 600 g/mol. The van der Waals surface area contributed by atoms with Crippen LogP contribution in [0.4, 0.5) is 35.1 Å². The van der Waals surface area contributed by atoms with Crippen LogP contribution >= 0.6 is 0 Å². The molecule has 1 heterocycles. The maximum atomic E-state index is 13.7. The molecule has 1 aliphatic heterocycles. The van der Waals surface area contributed by atoms with E-state index in [1.54, 1.807) is 0 Å². The van der Waals surface area contributed by atoms with Crippen LogP contribution < -0.4 is 14.8 Å². The minimum absolute atomic E-state index is 0.0784. The van der Waals surface area contributed by atoms with Gasteiger partial charge >= 0.3 is 12.7 Å². The Bertz CT molecular complexity index is 1700. The summed E-state index contributed by atoms with van der Waals surface area (Å²) in [7, 11) is 0. The second-order valence-corrected chi connectivity index (χ2v) is 9.76. The molecule has 1 atom stereocenters. The molecule has 0 saturated carbocycles. The van der Waals surface area contributed by atoms with Gasteiger partial charge in [0, 0.05) is 23.2 Å². The standard InChI is InChI=1S/C31H16F8N2O2/c32-17-5-1-15(2-6-17)19-9-21-22-10-20(16-3-7-18(33)8-4-16)28(43-31(37,38)39)12-24(22)29(25(13-40)26-14-41-26)23(21)11-27(19)42-30(34,35)36/h1-12,26,41H,14H2. The van der Waals surface area contributed by atoms with E-state index in [1.165, 1.54) is 36.4 Å². The van der Waals surface area contributed by atoms with Crippen LogP contribution in [0.1, 0.15) is 11.1 Å². The molecule has 1 aliphatic carbocycles. The van der Waals surface area contributed by atoms with E-state index in [-0.39, 0.29) is 55.7 Å². The van der Waals surface area contributed by atoms with Crippen molar-refractivity contribution in [2.45, 2.75) is 18.8 Å². The molecule has 1 saturated heterocycles. The highest BCUT2D eigenvalue weighted by atomic mass is 19.4. The first kappa shape index (κ1) is 28.2. The predicted octanol–water partition coefficient (Wildman–Crippen LogP) is 8.37. The highest BCUT2D eigenvalue weighted by Gasteiger charge is 2.39. The molecule has 0 radical (unpaired) electrons. The molecule has 0 bridgehead atoms. The zero-order valence-electron chi connectivity index (χ0n) is 21.5. The Morgan fingerprint density at radius 1 is 0.651 bits per heavy atom. The van der Waals surface area contributed by atoms with Crippen molar-refractivity contribution < 1.29 is 44.6 Å². The lowest BCUT2D eigenvalue weighted by Crippen LogP contribution is -2.18. The smallest absolute Gasteiger partial charge is 0.405 e. The molecule has 0 aromatic heterocycles. The molecule has 0 spiro atoms. The first-order chi connectivity index (χ1) is 20.3. The number of nitrogens with one attached hydrogen (secondary N) is 1. The minimum atomic E-state index is -5.13. The van der Waals surface area contributed by atoms with Gasteiger partial charge in [0.05, 0.1) is 17.7 Å². The van der Waals surface area contributed by atoms with Crippen molar-refractivity contribution >= 4 is 5.57 Å². The van der Waals surface area contributed by atoms with Gasteiger partial charge in [0.2, 0.25) is 0 Å². The van der Waals surface area contributed by atoms with E-state index in [4.69, 9.17) is 0 Å². The second-order valence-electron chi connectivity index (χ2n) is 9.76. The third kappa shape index (κ3) is 5.63. The topological polar surface area (TPSA) is 64.2 Å². The quantitative estimate of drug-likeness (QED) is 0.125. The summed E-state index contributed by atoms with van der Waals surface area (Å²) < 4.78 is 117. The number of rotatable bonds is 5. The van der Waals surface area contributed by atoms with Crippen LogP contribution in [0, 0.1) is 23.0 Å². The van der Waals surface area contributed by atoms with Crippen LogP contribution in [0.25, 0.3) is 39.0 Å². The Balaban J connectivity index is 1.68. The van der Waals surface area contributed by atoms with E-state index in [0.29, 0.717) is 6.54 Å². The Labute approximate surface area is 238 Å². The van der Waals surface area contributed by atoms with E-state index >= 15 is 0 Å². The number of nitrogens with zero attached hydrogens (tertiary/aromatic N) is 1. The van der Waals surface area contributed by atoms with Crippen LogP contribution in [-0.4, -0.2) is 25.3 Å². The van der Waals surface area contributed by atoms with Crippen molar-refractivity contribution in [3.05, 3.63) is 101 Å². The molecule has 12 heteroatoms. The molecule has 1 N–H and O–H groups in total. The molecule has 218 valence electrons. The Morgan fingerprint density at radius 3 is 1.37 bits per heavy atom. The second kappa shape index (κ2) is 10.1. The van der Waals surface area contributed by atoms with Crippen molar-refractivity contribution in [2.75, 3.05) is 6.54 Å². The van der Waals surface area contributed by atoms with Crippen LogP contribution in [0.2, 0.25) is 0 Å². The highest BCUT2D eigenvalue weighted by molar-refractivity contribution is 6.07. The number of fused-ring (bicyclic) bond motifs is 3. The van der Waals surface area contributed by atoms with Gasteiger partial charge in [-0.05, 0) is 81.9 Å². The molecule has 4 aromatic rings. The molecule has 1 unspecified atom stereocenters. The fraction of sp³-hybridized carbons (Fsp3) is 0.129. The predicted molar refractivity (Wildman–Crippen MR) is 139 cm³/mol. The lowest BCUT2D eigenvalue weighted by atomic mass is 9.94. The fourth-order valence-corrected chi connectivity index (χ4v) is 5.15. The molecule has 4 aromatic carbocycles. The molecular formula is C31H16F8N2O2. The van der Waals surface area contributed by atoms with Crippen molar-refractivity contribution in [3.8, 4) is 50.9 Å². The van der Waals surface area contributed by atoms with E-state index in [0.717, 1.165) is 36.4 Å². The number of ether oxygens (including phenoxy) is 2. The van der Waals surface area contributed by atoms with Crippen molar-refractivity contribution in [1.82, 2.24) is 5.32 Å². The molecule has 6 rings (SSSR count). The van der Waals surface area contributed by atoms with Gasteiger partial charge in [0.15, 0.2) is 0 Å². The zero-order chi connectivity index (χ0) is 30.7. The maximum absolute atomic E-state index is 13.7. The third-order valence-corrected chi connectivity index (χ3v) is 6.98. The molecule has 0 amide bonds. The van der Waals surface area contributed by atoms with E-state index in [1.807, 2.05) is 6.07 Å². The Kier molecular flexibility index (Phi) is 6.65. The number of alkyl halides is 6. The van der Waals surface area contributed by atoms with E-state index < -0.39 is 41.9 Å². The molecule has 43 heavy (non-hydrogen) atoms. The molecule has 4 nitrogen and oxygen atoms in total. The van der Waals surface area contributed by atoms with Gasteiger partial charge in [-0.2, -0.15) is 5.26 Å². The summed E-state index contributed by atoms with van der Waals surface area (Å²) in [6.07, 6.45) is -10.3. The van der Waals surface area contributed by atoms with E-state index in [9.17, 15) is 40.4 Å². The van der Waals surface area contributed by atoms with Crippen LogP contribution in [-0.2, 0) is 0 Å². The van der Waals surface area contributed by atoms with Crippen LogP contribution in [0.5, 0.6) is 11.5 Å². The number of nitriles is 1. The first-order valence-corrected chi connectivity index (χ1v) is 12.6. The maximum Gasteiger partial charge on any atom is 0.573 e. The monoisotopic (exact) mass is 600 g/mol. The Morgan fingerprint density at radius 2 is 1.05 bits per heavy atom. The first-order valence-electron chi connectivity index (χ1n) is 12.6. The van der Waals surface area contributed by atoms with Gasteiger partial charge in [0.25, 0.3) is 0 Å². The Hall–Kier alpha value is -4.89. The molecule has 2 aliphatic rings. The molecular weight excluding hydrogens is 584 g/mol. The summed E-state index contributed by atoms with van der Waals surface area (Å²) in [5.41, 5.74) is 1.18. The van der Waals surface area contributed by atoms with Crippen molar-refractivity contribution in [3.63, 3.8) is 0 Å². The third-order valence-electron chi connectivity index (χ3n) is 6.98. The summed E-state index contributed by atoms with van der Waals surface area (Å²) in [6.45, 7) is 0.371. The summed E-state index contributed by atoms with van der Waals surface area (Å²) in [5.74, 6) is -2.57. The van der Waals surface area contributed by atoms with Gasteiger partial charge in [-0.25, -0.2) is 8.78 Å². The fourth-order valence-electron chi connectivity index (χ4n) is 5.15. The molecule has 1 fully saturated rings.